The smallest absolute Gasteiger partial charge is 0.132 e. The summed E-state index contributed by atoms with van der Waals surface area (Å²) in [7, 11) is 0. The average molecular weight is 351 g/mol. The van der Waals surface area contributed by atoms with Crippen LogP contribution in [-0.2, 0) is 4.79 Å². The van der Waals surface area contributed by atoms with E-state index in [1.165, 1.54) is 89.9 Å². The van der Waals surface area contributed by atoms with Crippen LogP contribution in [0.2, 0.25) is 0 Å². The second kappa shape index (κ2) is 21.5. The molecule has 0 aromatic rings. The lowest BCUT2D eigenvalue weighted by molar-refractivity contribution is -0.119. The lowest BCUT2D eigenvalue weighted by atomic mass is 10.0. The second-order valence-electron chi connectivity index (χ2n) is 7.68. The predicted octanol–water partition coefficient (Wildman–Crippen LogP) is 8.56. The third-order valence-corrected chi connectivity index (χ3v) is 5.03. The van der Waals surface area contributed by atoms with Gasteiger partial charge in [0.2, 0.25) is 0 Å². The molecule has 0 aliphatic carbocycles. The van der Waals surface area contributed by atoms with Crippen LogP contribution in [0.25, 0.3) is 0 Å². The van der Waals surface area contributed by atoms with Crippen molar-refractivity contribution in [1.82, 2.24) is 0 Å². The fraction of sp³-hybridized carbons (Fsp3) is 0.875. The maximum atomic E-state index is 11.6. The minimum absolute atomic E-state index is 0.481. The van der Waals surface area contributed by atoms with Crippen LogP contribution in [0.1, 0.15) is 136 Å². The van der Waals surface area contributed by atoms with E-state index in [2.05, 4.69) is 26.0 Å². The van der Waals surface area contributed by atoms with Gasteiger partial charge in [-0.3, -0.25) is 4.79 Å². The van der Waals surface area contributed by atoms with Crippen LogP contribution in [0.15, 0.2) is 12.2 Å². The normalized spacial score (nSPS) is 11.4. The van der Waals surface area contributed by atoms with Gasteiger partial charge in [-0.1, -0.05) is 96.6 Å². The van der Waals surface area contributed by atoms with E-state index >= 15 is 0 Å². The molecule has 0 atom stereocenters. The topological polar surface area (TPSA) is 17.1 Å². The largest absolute Gasteiger partial charge is 0.300 e. The van der Waals surface area contributed by atoms with Gasteiger partial charge in [-0.05, 0) is 38.5 Å². The molecule has 25 heavy (non-hydrogen) atoms. The zero-order valence-electron chi connectivity index (χ0n) is 17.5. The van der Waals surface area contributed by atoms with E-state index in [9.17, 15) is 4.79 Å². The standard InChI is InChI=1S/C24H46O/c1-3-5-7-8-9-10-11-12-13-14-15-16-17-18-19-20-21-23-24(25)22-6-4-2/h12-13H,3-11,14-23H2,1-2H3/b13-12-. The van der Waals surface area contributed by atoms with Gasteiger partial charge in [0.05, 0.1) is 0 Å². The molecule has 0 saturated carbocycles. The highest BCUT2D eigenvalue weighted by molar-refractivity contribution is 5.78. The Bertz CT molecular complexity index is 292. The minimum Gasteiger partial charge on any atom is -0.300 e. The van der Waals surface area contributed by atoms with Crippen LogP contribution < -0.4 is 0 Å². The number of allylic oxidation sites excluding steroid dienone is 2. The molecule has 0 amide bonds. The summed E-state index contributed by atoms with van der Waals surface area (Å²) < 4.78 is 0. The van der Waals surface area contributed by atoms with Crippen molar-refractivity contribution in [2.24, 2.45) is 0 Å². The summed E-state index contributed by atoms with van der Waals surface area (Å²) in [4.78, 5) is 11.6. The van der Waals surface area contributed by atoms with Gasteiger partial charge in [-0.25, -0.2) is 0 Å². The Morgan fingerprint density at radius 2 is 0.920 bits per heavy atom. The van der Waals surface area contributed by atoms with E-state index in [0.29, 0.717) is 5.78 Å². The fourth-order valence-electron chi connectivity index (χ4n) is 3.25. The predicted molar refractivity (Wildman–Crippen MR) is 113 cm³/mol. The first-order chi connectivity index (χ1) is 12.3. The first-order valence-electron chi connectivity index (χ1n) is 11.5. The number of ketones is 1. The number of Topliss-reactive ketones (excluding diaryl/α,β-unsaturated/α-hetero) is 1. The van der Waals surface area contributed by atoms with Gasteiger partial charge in [0.25, 0.3) is 0 Å². The number of carbonyl (C=O) groups excluding carboxylic acids is 1. The van der Waals surface area contributed by atoms with E-state index < -0.39 is 0 Å². The van der Waals surface area contributed by atoms with Gasteiger partial charge in [0, 0.05) is 12.8 Å². The number of unbranched alkanes of at least 4 members (excludes halogenated alkanes) is 14. The molecule has 0 spiro atoms. The molecule has 0 aromatic carbocycles. The van der Waals surface area contributed by atoms with Crippen molar-refractivity contribution < 1.29 is 4.79 Å². The van der Waals surface area contributed by atoms with Gasteiger partial charge in [0.15, 0.2) is 0 Å². The molecule has 0 aliphatic rings. The SMILES string of the molecule is CCCCCCCC/C=C\CCCCCCCCCC(=O)CCCC. The van der Waals surface area contributed by atoms with E-state index in [0.717, 1.165) is 32.1 Å². The van der Waals surface area contributed by atoms with Crippen molar-refractivity contribution in [3.05, 3.63) is 12.2 Å². The Hall–Kier alpha value is -0.590. The maximum Gasteiger partial charge on any atom is 0.132 e. The molecule has 0 saturated heterocycles. The lowest BCUT2D eigenvalue weighted by Gasteiger charge is -2.02. The van der Waals surface area contributed by atoms with Crippen LogP contribution in [0.5, 0.6) is 0 Å². The Kier molecular flexibility index (Phi) is 20.9. The summed E-state index contributed by atoms with van der Waals surface area (Å²) in [6.45, 7) is 4.43. The number of rotatable bonds is 20. The van der Waals surface area contributed by atoms with E-state index in [4.69, 9.17) is 0 Å². The van der Waals surface area contributed by atoms with Gasteiger partial charge in [-0.15, -0.1) is 0 Å². The van der Waals surface area contributed by atoms with Gasteiger partial charge in [0.1, 0.15) is 5.78 Å². The first-order valence-corrected chi connectivity index (χ1v) is 11.5. The first kappa shape index (κ1) is 24.4. The average Bonchev–Trinajstić information content (AvgIpc) is 2.62. The van der Waals surface area contributed by atoms with Crippen molar-refractivity contribution >= 4 is 5.78 Å². The molecule has 0 fully saturated rings. The number of hydrogen-bond donors (Lipinski definition) is 0. The zero-order chi connectivity index (χ0) is 18.4. The maximum absolute atomic E-state index is 11.6. The zero-order valence-corrected chi connectivity index (χ0v) is 17.5. The van der Waals surface area contributed by atoms with E-state index in [1.807, 2.05) is 0 Å². The third-order valence-electron chi connectivity index (χ3n) is 5.03. The molecule has 0 bridgehead atoms. The Labute approximate surface area is 159 Å². The molecule has 0 rings (SSSR count). The summed E-state index contributed by atoms with van der Waals surface area (Å²) >= 11 is 0. The van der Waals surface area contributed by atoms with Crippen molar-refractivity contribution in [1.29, 1.82) is 0 Å². The van der Waals surface area contributed by atoms with Crippen molar-refractivity contribution in [2.75, 3.05) is 0 Å². The minimum atomic E-state index is 0.481. The highest BCUT2D eigenvalue weighted by atomic mass is 16.1. The molecule has 0 unspecified atom stereocenters. The quantitative estimate of drug-likeness (QED) is 0.159. The second-order valence-corrected chi connectivity index (χ2v) is 7.68. The molecule has 1 nitrogen and oxygen atoms in total. The van der Waals surface area contributed by atoms with Crippen molar-refractivity contribution in [3.8, 4) is 0 Å². The monoisotopic (exact) mass is 350 g/mol. The van der Waals surface area contributed by atoms with Gasteiger partial charge < -0.3 is 0 Å². The number of hydrogen-bond acceptors (Lipinski definition) is 1. The highest BCUT2D eigenvalue weighted by Crippen LogP contribution is 2.12. The molecule has 148 valence electrons. The number of carbonyl (C=O) groups is 1. The molecule has 1 heteroatoms. The molecule has 0 heterocycles. The summed E-state index contributed by atoms with van der Waals surface area (Å²) in [5.41, 5.74) is 0. The molecular weight excluding hydrogens is 304 g/mol. The van der Waals surface area contributed by atoms with Crippen LogP contribution in [0.4, 0.5) is 0 Å². The van der Waals surface area contributed by atoms with E-state index in [-0.39, 0.29) is 0 Å². The fourth-order valence-corrected chi connectivity index (χ4v) is 3.25. The van der Waals surface area contributed by atoms with Crippen LogP contribution in [0.3, 0.4) is 0 Å². The van der Waals surface area contributed by atoms with Gasteiger partial charge in [-0.2, -0.15) is 0 Å². The Morgan fingerprint density at radius 3 is 1.44 bits per heavy atom. The summed E-state index contributed by atoms with van der Waals surface area (Å²) in [6.07, 6.45) is 28.7. The Balaban J connectivity index is 3.13. The highest BCUT2D eigenvalue weighted by Gasteiger charge is 2.00. The summed E-state index contributed by atoms with van der Waals surface area (Å²) in [5, 5.41) is 0. The lowest BCUT2D eigenvalue weighted by Crippen LogP contribution is -1.96. The van der Waals surface area contributed by atoms with E-state index in [1.54, 1.807) is 0 Å². The molecular formula is C24H46O. The van der Waals surface area contributed by atoms with Crippen LogP contribution in [0, 0.1) is 0 Å². The molecule has 0 aromatic heterocycles. The van der Waals surface area contributed by atoms with Crippen LogP contribution in [-0.4, -0.2) is 5.78 Å². The molecule has 0 aliphatic heterocycles. The third kappa shape index (κ3) is 21.4. The van der Waals surface area contributed by atoms with Crippen molar-refractivity contribution in [3.63, 3.8) is 0 Å². The van der Waals surface area contributed by atoms with Crippen molar-refractivity contribution in [2.45, 2.75) is 136 Å². The summed E-state index contributed by atoms with van der Waals surface area (Å²) in [6, 6.07) is 0. The van der Waals surface area contributed by atoms with Crippen LogP contribution >= 0.6 is 0 Å². The summed E-state index contributed by atoms with van der Waals surface area (Å²) in [5.74, 6) is 0.481. The molecule has 0 radical (unpaired) electrons. The van der Waals surface area contributed by atoms with Gasteiger partial charge >= 0.3 is 0 Å². The molecule has 0 N–H and O–H groups in total. The Morgan fingerprint density at radius 1 is 0.520 bits per heavy atom.